The monoisotopic (exact) mass is 257 g/mol. The highest BCUT2D eigenvalue weighted by Crippen LogP contribution is 2.29. The number of hydrogen-bond acceptors (Lipinski definition) is 3. The molecule has 1 aromatic heterocycles. The first kappa shape index (κ1) is 13.5. The van der Waals surface area contributed by atoms with Crippen LogP contribution in [-0.2, 0) is 0 Å². The van der Waals surface area contributed by atoms with E-state index in [0.717, 1.165) is 30.6 Å². The van der Waals surface area contributed by atoms with E-state index in [1.807, 2.05) is 26.8 Å². The number of carbonyl (C=O) groups is 1. The predicted octanol–water partition coefficient (Wildman–Crippen LogP) is 2.46. The SMILES string of the molecule is Cc1cc(C(=O)N2CCCC(C)(C#N)C2)cnc1C. The van der Waals surface area contributed by atoms with Crippen LogP contribution < -0.4 is 0 Å². The molecule has 0 aromatic carbocycles. The first-order chi connectivity index (χ1) is 8.95. The number of aromatic nitrogens is 1. The number of rotatable bonds is 1. The summed E-state index contributed by atoms with van der Waals surface area (Å²) >= 11 is 0. The molecule has 2 rings (SSSR count). The zero-order valence-electron chi connectivity index (χ0n) is 11.7. The van der Waals surface area contributed by atoms with Gasteiger partial charge in [-0.2, -0.15) is 5.26 Å². The van der Waals surface area contributed by atoms with E-state index in [4.69, 9.17) is 0 Å². The third kappa shape index (κ3) is 2.76. The third-order valence-electron chi connectivity index (χ3n) is 3.84. The number of hydrogen-bond donors (Lipinski definition) is 0. The second-order valence-corrected chi connectivity index (χ2v) is 5.63. The largest absolute Gasteiger partial charge is 0.337 e. The fourth-order valence-electron chi connectivity index (χ4n) is 2.45. The predicted molar refractivity (Wildman–Crippen MR) is 72.6 cm³/mol. The van der Waals surface area contributed by atoms with Gasteiger partial charge >= 0.3 is 0 Å². The Labute approximate surface area is 114 Å². The van der Waals surface area contributed by atoms with Gasteiger partial charge in [-0.1, -0.05) is 0 Å². The normalized spacial score (nSPS) is 22.9. The lowest BCUT2D eigenvalue weighted by Gasteiger charge is -2.36. The summed E-state index contributed by atoms with van der Waals surface area (Å²) in [6.45, 7) is 7.04. The maximum absolute atomic E-state index is 12.4. The molecule has 1 aliphatic rings. The van der Waals surface area contributed by atoms with E-state index in [9.17, 15) is 10.1 Å². The number of amides is 1. The topological polar surface area (TPSA) is 57.0 Å². The standard InChI is InChI=1S/C15H19N3O/c1-11-7-13(8-17-12(11)2)14(19)18-6-4-5-15(3,9-16)10-18/h7-8H,4-6,10H2,1-3H3. The quantitative estimate of drug-likeness (QED) is 0.776. The summed E-state index contributed by atoms with van der Waals surface area (Å²) in [4.78, 5) is 18.5. The molecular weight excluding hydrogens is 238 g/mol. The van der Waals surface area contributed by atoms with E-state index in [1.54, 1.807) is 11.1 Å². The molecule has 1 atom stereocenters. The third-order valence-corrected chi connectivity index (χ3v) is 3.84. The van der Waals surface area contributed by atoms with Crippen molar-refractivity contribution >= 4 is 5.91 Å². The number of nitriles is 1. The lowest BCUT2D eigenvalue weighted by molar-refractivity contribution is 0.0629. The van der Waals surface area contributed by atoms with E-state index in [-0.39, 0.29) is 5.91 Å². The van der Waals surface area contributed by atoms with Crippen LogP contribution in [0.1, 0.15) is 41.4 Å². The molecule has 0 aliphatic carbocycles. The van der Waals surface area contributed by atoms with Crippen LogP contribution in [0.4, 0.5) is 0 Å². The molecule has 1 saturated heterocycles. The zero-order chi connectivity index (χ0) is 14.0. The zero-order valence-corrected chi connectivity index (χ0v) is 11.7. The molecule has 0 radical (unpaired) electrons. The smallest absolute Gasteiger partial charge is 0.255 e. The molecule has 2 heterocycles. The molecule has 4 nitrogen and oxygen atoms in total. The molecule has 0 saturated carbocycles. The highest BCUT2D eigenvalue weighted by Gasteiger charge is 2.33. The highest BCUT2D eigenvalue weighted by molar-refractivity contribution is 5.94. The molecule has 19 heavy (non-hydrogen) atoms. The summed E-state index contributed by atoms with van der Waals surface area (Å²) in [5, 5.41) is 9.20. The number of pyridine rings is 1. The van der Waals surface area contributed by atoms with Crippen molar-refractivity contribution in [1.82, 2.24) is 9.88 Å². The van der Waals surface area contributed by atoms with Gasteiger partial charge in [0.05, 0.1) is 17.0 Å². The van der Waals surface area contributed by atoms with Crippen LogP contribution >= 0.6 is 0 Å². The highest BCUT2D eigenvalue weighted by atomic mass is 16.2. The summed E-state index contributed by atoms with van der Waals surface area (Å²) in [6, 6.07) is 4.21. The molecule has 1 fully saturated rings. The summed E-state index contributed by atoms with van der Waals surface area (Å²) in [6.07, 6.45) is 3.37. The minimum absolute atomic E-state index is 0.0169. The van der Waals surface area contributed by atoms with E-state index < -0.39 is 5.41 Å². The Bertz CT molecular complexity index is 547. The number of carbonyl (C=O) groups excluding carboxylic acids is 1. The van der Waals surface area contributed by atoms with Crippen LogP contribution in [0.5, 0.6) is 0 Å². The maximum atomic E-state index is 12.4. The molecule has 1 aromatic rings. The lowest BCUT2D eigenvalue weighted by atomic mass is 9.83. The fourth-order valence-corrected chi connectivity index (χ4v) is 2.45. The first-order valence-corrected chi connectivity index (χ1v) is 6.59. The summed E-state index contributed by atoms with van der Waals surface area (Å²) < 4.78 is 0. The van der Waals surface area contributed by atoms with Gasteiger partial charge in [0.2, 0.25) is 0 Å². The molecule has 1 aliphatic heterocycles. The maximum Gasteiger partial charge on any atom is 0.255 e. The van der Waals surface area contributed by atoms with E-state index in [1.165, 1.54) is 0 Å². The van der Waals surface area contributed by atoms with Crippen molar-refractivity contribution in [2.75, 3.05) is 13.1 Å². The van der Waals surface area contributed by atoms with Crippen molar-refractivity contribution in [2.24, 2.45) is 5.41 Å². The van der Waals surface area contributed by atoms with Gasteiger partial charge in [0, 0.05) is 25.0 Å². The van der Waals surface area contributed by atoms with E-state index in [0.29, 0.717) is 12.1 Å². The Balaban J connectivity index is 2.20. The van der Waals surface area contributed by atoms with Gasteiger partial charge in [0.15, 0.2) is 0 Å². The number of likely N-dealkylation sites (tertiary alicyclic amines) is 1. The molecule has 0 spiro atoms. The minimum atomic E-state index is -0.416. The van der Waals surface area contributed by atoms with Gasteiger partial charge < -0.3 is 4.90 Å². The van der Waals surface area contributed by atoms with Crippen molar-refractivity contribution in [2.45, 2.75) is 33.6 Å². The van der Waals surface area contributed by atoms with Gasteiger partial charge in [-0.25, -0.2) is 0 Å². The van der Waals surface area contributed by atoms with Crippen LogP contribution in [0.3, 0.4) is 0 Å². The summed E-state index contributed by atoms with van der Waals surface area (Å²) in [5.41, 5.74) is 2.16. The Morgan fingerprint density at radius 2 is 2.26 bits per heavy atom. The molecule has 0 bridgehead atoms. The van der Waals surface area contributed by atoms with E-state index in [2.05, 4.69) is 11.1 Å². The number of piperidine rings is 1. The van der Waals surface area contributed by atoms with Gasteiger partial charge in [-0.3, -0.25) is 9.78 Å². The van der Waals surface area contributed by atoms with Crippen LogP contribution in [-0.4, -0.2) is 28.9 Å². The van der Waals surface area contributed by atoms with Crippen molar-refractivity contribution in [3.05, 3.63) is 29.1 Å². The lowest BCUT2D eigenvalue weighted by Crippen LogP contribution is -2.44. The Hall–Kier alpha value is -1.89. The Morgan fingerprint density at radius 1 is 1.53 bits per heavy atom. The van der Waals surface area contributed by atoms with Gasteiger partial charge in [-0.15, -0.1) is 0 Å². The second-order valence-electron chi connectivity index (χ2n) is 5.63. The molecule has 100 valence electrons. The van der Waals surface area contributed by atoms with Gasteiger partial charge in [0.25, 0.3) is 5.91 Å². The van der Waals surface area contributed by atoms with Crippen molar-refractivity contribution in [1.29, 1.82) is 5.26 Å². The van der Waals surface area contributed by atoms with Crippen LogP contribution in [0.15, 0.2) is 12.3 Å². The van der Waals surface area contributed by atoms with Gasteiger partial charge in [-0.05, 0) is 45.2 Å². The van der Waals surface area contributed by atoms with E-state index >= 15 is 0 Å². The average Bonchev–Trinajstić information content (AvgIpc) is 2.41. The van der Waals surface area contributed by atoms with Crippen molar-refractivity contribution in [3.8, 4) is 6.07 Å². The molecule has 1 amide bonds. The first-order valence-electron chi connectivity index (χ1n) is 6.59. The fraction of sp³-hybridized carbons (Fsp3) is 0.533. The van der Waals surface area contributed by atoms with Crippen LogP contribution in [0, 0.1) is 30.6 Å². The molecular formula is C15H19N3O. The molecule has 0 N–H and O–H groups in total. The molecule has 1 unspecified atom stereocenters. The number of nitrogens with zero attached hydrogens (tertiary/aromatic N) is 3. The average molecular weight is 257 g/mol. The van der Waals surface area contributed by atoms with Gasteiger partial charge in [0.1, 0.15) is 0 Å². The second kappa shape index (κ2) is 5.00. The Kier molecular flexibility index (Phi) is 3.57. The number of aryl methyl sites for hydroxylation is 2. The Morgan fingerprint density at radius 3 is 2.89 bits per heavy atom. The summed E-state index contributed by atoms with van der Waals surface area (Å²) in [7, 11) is 0. The van der Waals surface area contributed by atoms with Crippen molar-refractivity contribution < 1.29 is 4.79 Å². The van der Waals surface area contributed by atoms with Crippen LogP contribution in [0.25, 0.3) is 0 Å². The summed E-state index contributed by atoms with van der Waals surface area (Å²) in [5.74, 6) is -0.0169. The minimum Gasteiger partial charge on any atom is -0.337 e. The molecule has 4 heteroatoms. The van der Waals surface area contributed by atoms with Crippen LogP contribution in [0.2, 0.25) is 0 Å². The van der Waals surface area contributed by atoms with Crippen molar-refractivity contribution in [3.63, 3.8) is 0 Å².